The third-order valence-electron chi connectivity index (χ3n) is 0.912. The Labute approximate surface area is 62.7 Å². The molecule has 0 saturated carbocycles. The minimum atomic E-state index is -0.403. The highest BCUT2D eigenvalue weighted by atomic mass is 32.1. The molecule has 0 bridgehead atoms. The number of hydrogen-bond donors (Lipinski definition) is 0. The van der Waals surface area contributed by atoms with E-state index in [2.05, 4.69) is 16.6 Å². The van der Waals surface area contributed by atoms with Crippen molar-refractivity contribution < 1.29 is 9.53 Å². The summed E-state index contributed by atoms with van der Waals surface area (Å²) in [6.07, 6.45) is 0. The SMILES string of the molecule is [CH2]c1csc(C(=O)OC)n1. The van der Waals surface area contributed by atoms with Crippen LogP contribution in [0.2, 0.25) is 0 Å². The van der Waals surface area contributed by atoms with E-state index in [1.54, 1.807) is 5.38 Å². The van der Waals surface area contributed by atoms with Gasteiger partial charge < -0.3 is 4.74 Å². The maximum atomic E-state index is 10.7. The van der Waals surface area contributed by atoms with Crippen molar-refractivity contribution in [3.63, 3.8) is 0 Å². The van der Waals surface area contributed by atoms with Crippen molar-refractivity contribution in [2.45, 2.75) is 0 Å². The van der Waals surface area contributed by atoms with Gasteiger partial charge in [0.2, 0.25) is 5.01 Å². The lowest BCUT2D eigenvalue weighted by molar-refractivity contribution is 0.0600. The van der Waals surface area contributed by atoms with Crippen LogP contribution in [0.1, 0.15) is 15.5 Å². The van der Waals surface area contributed by atoms with Crippen LogP contribution >= 0.6 is 11.3 Å². The Bertz CT molecular complexity index is 244. The predicted octanol–water partition coefficient (Wildman–Crippen LogP) is 1.11. The molecule has 1 aromatic heterocycles. The van der Waals surface area contributed by atoms with Crippen LogP contribution < -0.4 is 0 Å². The fourth-order valence-electron chi connectivity index (χ4n) is 0.488. The first-order chi connectivity index (χ1) is 4.74. The number of carbonyl (C=O) groups is 1. The highest BCUT2D eigenvalue weighted by molar-refractivity contribution is 7.11. The van der Waals surface area contributed by atoms with E-state index in [4.69, 9.17) is 0 Å². The average molecular weight is 156 g/mol. The van der Waals surface area contributed by atoms with Gasteiger partial charge in [0.1, 0.15) is 0 Å². The molecule has 0 N–H and O–H groups in total. The fourth-order valence-corrected chi connectivity index (χ4v) is 1.14. The largest absolute Gasteiger partial charge is 0.464 e. The van der Waals surface area contributed by atoms with Crippen LogP contribution in [0.5, 0.6) is 0 Å². The summed E-state index contributed by atoms with van der Waals surface area (Å²) >= 11 is 1.23. The average Bonchev–Trinajstić information content (AvgIpc) is 2.34. The Morgan fingerprint density at radius 2 is 2.60 bits per heavy atom. The molecule has 0 unspecified atom stereocenters. The van der Waals surface area contributed by atoms with Crippen molar-refractivity contribution in [2.24, 2.45) is 0 Å². The van der Waals surface area contributed by atoms with E-state index >= 15 is 0 Å². The Morgan fingerprint density at radius 3 is 3.00 bits per heavy atom. The van der Waals surface area contributed by atoms with Gasteiger partial charge in [0.05, 0.1) is 12.8 Å². The summed E-state index contributed by atoms with van der Waals surface area (Å²) in [6, 6.07) is 0. The molecule has 0 fully saturated rings. The molecule has 0 saturated heterocycles. The molecule has 0 spiro atoms. The first-order valence-electron chi connectivity index (χ1n) is 2.60. The number of ether oxygens (including phenoxy) is 1. The molecule has 0 atom stereocenters. The van der Waals surface area contributed by atoms with Crippen molar-refractivity contribution in [1.29, 1.82) is 0 Å². The summed E-state index contributed by atoms with van der Waals surface area (Å²) < 4.78 is 4.43. The summed E-state index contributed by atoms with van der Waals surface area (Å²) in [5.41, 5.74) is 0.602. The molecule has 1 heterocycles. The second kappa shape index (κ2) is 2.79. The van der Waals surface area contributed by atoms with Crippen LogP contribution in [0.15, 0.2) is 5.38 Å². The number of rotatable bonds is 1. The van der Waals surface area contributed by atoms with Crippen molar-refractivity contribution in [2.75, 3.05) is 7.11 Å². The highest BCUT2D eigenvalue weighted by Crippen LogP contribution is 2.08. The molecule has 10 heavy (non-hydrogen) atoms. The minimum absolute atomic E-state index is 0.354. The molecule has 4 heteroatoms. The molecule has 0 aromatic carbocycles. The predicted molar refractivity (Wildman–Crippen MR) is 37.9 cm³/mol. The standard InChI is InChI=1S/C6H6NO2S/c1-4-3-10-5(7-4)6(8)9-2/h3H,1H2,2H3. The number of aromatic nitrogens is 1. The van der Waals surface area contributed by atoms with Crippen molar-refractivity contribution in [3.05, 3.63) is 23.0 Å². The zero-order valence-electron chi connectivity index (χ0n) is 5.46. The first-order valence-corrected chi connectivity index (χ1v) is 3.48. The van der Waals surface area contributed by atoms with Gasteiger partial charge in [-0.1, -0.05) is 0 Å². The molecule has 1 radical (unpaired) electrons. The zero-order valence-corrected chi connectivity index (χ0v) is 6.27. The molecule has 1 aromatic rings. The van der Waals surface area contributed by atoms with E-state index in [1.165, 1.54) is 18.4 Å². The number of nitrogens with zero attached hydrogens (tertiary/aromatic N) is 1. The van der Waals surface area contributed by atoms with E-state index < -0.39 is 5.97 Å². The molecule has 0 amide bonds. The van der Waals surface area contributed by atoms with Crippen LogP contribution in [-0.2, 0) is 4.74 Å². The lowest BCUT2D eigenvalue weighted by Gasteiger charge is -1.89. The number of methoxy groups -OCH3 is 1. The second-order valence-corrected chi connectivity index (χ2v) is 2.49. The maximum absolute atomic E-state index is 10.7. The molecule has 0 aliphatic heterocycles. The summed E-state index contributed by atoms with van der Waals surface area (Å²) in [6.45, 7) is 3.55. The van der Waals surface area contributed by atoms with Gasteiger partial charge in [0.15, 0.2) is 0 Å². The van der Waals surface area contributed by atoms with Gasteiger partial charge in [0, 0.05) is 5.38 Å². The van der Waals surface area contributed by atoms with Crippen LogP contribution in [0, 0.1) is 6.92 Å². The normalized spacial score (nSPS) is 9.40. The van der Waals surface area contributed by atoms with Crippen molar-refractivity contribution in [3.8, 4) is 0 Å². The molecule has 1 rings (SSSR count). The second-order valence-electron chi connectivity index (χ2n) is 1.64. The lowest BCUT2D eigenvalue weighted by atomic mass is 10.6. The Kier molecular flexibility index (Phi) is 2.01. The van der Waals surface area contributed by atoms with Crippen LogP contribution in [0.25, 0.3) is 0 Å². The van der Waals surface area contributed by atoms with Crippen LogP contribution in [0.4, 0.5) is 0 Å². The Morgan fingerprint density at radius 1 is 1.90 bits per heavy atom. The molecular weight excluding hydrogens is 150 g/mol. The summed E-state index contributed by atoms with van der Waals surface area (Å²) in [5, 5.41) is 2.05. The van der Waals surface area contributed by atoms with Crippen molar-refractivity contribution in [1.82, 2.24) is 4.98 Å². The van der Waals surface area contributed by atoms with Gasteiger partial charge >= 0.3 is 5.97 Å². The maximum Gasteiger partial charge on any atom is 0.367 e. The number of esters is 1. The lowest BCUT2D eigenvalue weighted by Crippen LogP contribution is -1.99. The monoisotopic (exact) mass is 156 g/mol. The van der Waals surface area contributed by atoms with E-state index in [9.17, 15) is 4.79 Å². The quantitative estimate of drug-likeness (QED) is 0.572. The van der Waals surface area contributed by atoms with Gasteiger partial charge in [-0.25, -0.2) is 9.78 Å². The van der Waals surface area contributed by atoms with Gasteiger partial charge in [0.25, 0.3) is 0 Å². The number of hydrogen-bond acceptors (Lipinski definition) is 4. The van der Waals surface area contributed by atoms with E-state index in [-0.39, 0.29) is 0 Å². The summed E-state index contributed by atoms with van der Waals surface area (Å²) in [4.78, 5) is 14.5. The van der Waals surface area contributed by atoms with E-state index in [1.807, 2.05) is 0 Å². The van der Waals surface area contributed by atoms with E-state index in [0.29, 0.717) is 10.7 Å². The minimum Gasteiger partial charge on any atom is -0.464 e. The van der Waals surface area contributed by atoms with Gasteiger partial charge in [-0.3, -0.25) is 0 Å². The van der Waals surface area contributed by atoms with Gasteiger partial charge in [-0.2, -0.15) is 0 Å². The third-order valence-corrected chi connectivity index (χ3v) is 1.78. The molecule has 0 aliphatic carbocycles. The van der Waals surface area contributed by atoms with Crippen LogP contribution in [-0.4, -0.2) is 18.1 Å². The molecule has 3 nitrogen and oxygen atoms in total. The zero-order chi connectivity index (χ0) is 7.56. The molecule has 53 valence electrons. The van der Waals surface area contributed by atoms with Crippen LogP contribution in [0.3, 0.4) is 0 Å². The van der Waals surface area contributed by atoms with Gasteiger partial charge in [-0.05, 0) is 6.92 Å². The highest BCUT2D eigenvalue weighted by Gasteiger charge is 2.07. The number of carbonyl (C=O) groups excluding carboxylic acids is 1. The summed E-state index contributed by atoms with van der Waals surface area (Å²) in [7, 11) is 1.33. The molecular formula is C6H6NO2S. The Balaban J connectivity index is 2.85. The third kappa shape index (κ3) is 1.33. The smallest absolute Gasteiger partial charge is 0.367 e. The summed E-state index contributed by atoms with van der Waals surface area (Å²) in [5.74, 6) is -0.403. The van der Waals surface area contributed by atoms with Gasteiger partial charge in [-0.15, -0.1) is 11.3 Å². The first kappa shape index (κ1) is 7.21. The molecule has 0 aliphatic rings. The number of thiazole rings is 1. The Hall–Kier alpha value is -0.900. The topological polar surface area (TPSA) is 39.2 Å². The van der Waals surface area contributed by atoms with Crippen molar-refractivity contribution >= 4 is 17.3 Å². The fraction of sp³-hybridized carbons (Fsp3) is 0.167. The van der Waals surface area contributed by atoms with E-state index in [0.717, 1.165) is 0 Å².